The summed E-state index contributed by atoms with van der Waals surface area (Å²) in [6, 6.07) is 37.9. The van der Waals surface area contributed by atoms with E-state index in [4.69, 9.17) is 26.3 Å². The van der Waals surface area contributed by atoms with Gasteiger partial charge in [-0.1, -0.05) is 116 Å². The Labute approximate surface area is 364 Å². The van der Waals surface area contributed by atoms with Crippen LogP contribution in [-0.4, -0.2) is 16.1 Å². The summed E-state index contributed by atoms with van der Waals surface area (Å²) >= 11 is 0. The molecule has 62 heavy (non-hydrogen) atoms. The fourth-order valence-electron chi connectivity index (χ4n) is 8.07. The third-order valence-corrected chi connectivity index (χ3v) is 15.3. The van der Waals surface area contributed by atoms with E-state index < -0.39 is 16.1 Å². The Hall–Kier alpha value is -8.59. The van der Waals surface area contributed by atoms with E-state index in [1.165, 1.54) is 22.5 Å². The van der Waals surface area contributed by atoms with Crippen LogP contribution in [0.4, 0.5) is 11.4 Å². The molecule has 0 saturated heterocycles. The molecule has 0 saturated carbocycles. The minimum atomic E-state index is -1.74. The maximum atomic E-state index is 11.2. The lowest BCUT2D eigenvalue weighted by Gasteiger charge is -2.18. The molecule has 0 heterocycles. The summed E-state index contributed by atoms with van der Waals surface area (Å²) in [5.41, 5.74) is 7.46. The highest BCUT2D eigenvalue weighted by atomic mass is 28.3. The maximum Gasteiger partial charge on any atom is 0.201 e. The van der Waals surface area contributed by atoms with Gasteiger partial charge in [0.15, 0.2) is 17.1 Å². The predicted octanol–water partition coefficient (Wildman–Crippen LogP) is 12.1. The number of nitrogens with zero attached hydrogens (tertiary/aromatic N) is 8. The summed E-state index contributed by atoms with van der Waals surface area (Å²) in [5.74, 6) is 0. The zero-order valence-electron chi connectivity index (χ0n) is 34.8. The van der Waals surface area contributed by atoms with Gasteiger partial charge in [-0.25, -0.2) is 19.4 Å². The molecule has 0 atom stereocenters. The third kappa shape index (κ3) is 7.13. The van der Waals surface area contributed by atoms with Gasteiger partial charge in [0.1, 0.15) is 12.1 Å². The molecule has 0 N–H and O–H groups in total. The van der Waals surface area contributed by atoms with Crippen molar-refractivity contribution >= 4 is 82.7 Å². The lowest BCUT2D eigenvalue weighted by Crippen LogP contribution is -2.37. The van der Waals surface area contributed by atoms with Crippen LogP contribution in [0.3, 0.4) is 0 Å². The van der Waals surface area contributed by atoms with Gasteiger partial charge in [0.05, 0.1) is 65.7 Å². The number of hydrogen-bond acceptors (Lipinski definition) is 4. The molecular weight excluding hydrogens is 793 g/mol. The monoisotopic (exact) mass is 826 g/mol. The van der Waals surface area contributed by atoms with Crippen LogP contribution in [0.1, 0.15) is 55.6 Å². The van der Waals surface area contributed by atoms with Crippen LogP contribution >= 0.6 is 0 Å². The van der Waals surface area contributed by atoms with Crippen molar-refractivity contribution in [3.05, 3.63) is 198 Å². The van der Waals surface area contributed by atoms with Gasteiger partial charge in [-0.15, -0.1) is 0 Å². The summed E-state index contributed by atoms with van der Waals surface area (Å²) in [5, 5.41) is 44.5. The van der Waals surface area contributed by atoms with Crippen LogP contribution in [0.25, 0.3) is 64.2 Å². The summed E-state index contributed by atoms with van der Waals surface area (Å²) in [7, 11) is -3.47. The molecule has 2 aliphatic carbocycles. The smallest absolute Gasteiger partial charge is 0.201 e. The molecule has 8 nitrogen and oxygen atoms in total. The van der Waals surface area contributed by atoms with Gasteiger partial charge in [-0.3, -0.25) is 0 Å². The molecule has 0 radical (unpaired) electrons. The van der Waals surface area contributed by atoms with Crippen LogP contribution in [0.5, 0.6) is 0 Å². The van der Waals surface area contributed by atoms with Crippen LogP contribution in [0.15, 0.2) is 97.1 Å². The highest BCUT2D eigenvalue weighted by molar-refractivity contribution is 6.89. The first kappa shape index (κ1) is 41.6. The van der Waals surface area contributed by atoms with E-state index in [9.17, 15) is 21.0 Å². The summed E-state index contributed by atoms with van der Waals surface area (Å²) < 4.78 is 0. The molecule has 0 fully saturated rings. The zero-order chi connectivity index (χ0) is 44.7. The zero-order valence-corrected chi connectivity index (χ0v) is 36.8. The molecule has 0 bridgehead atoms. The average Bonchev–Trinajstić information content (AvgIpc) is 3.76. The summed E-state index contributed by atoms with van der Waals surface area (Å²) in [6.45, 7) is 46.3. The Kier molecular flexibility index (Phi) is 10.6. The van der Waals surface area contributed by atoms with E-state index in [1.54, 1.807) is 24.3 Å². The van der Waals surface area contributed by atoms with E-state index in [1.807, 2.05) is 36.4 Å². The van der Waals surface area contributed by atoms with E-state index in [0.717, 1.165) is 0 Å². The molecule has 5 aromatic carbocycles. The van der Waals surface area contributed by atoms with Crippen LogP contribution in [0.2, 0.25) is 39.3 Å². The van der Waals surface area contributed by atoms with Crippen LogP contribution in [-0.2, 0) is 0 Å². The van der Waals surface area contributed by atoms with Gasteiger partial charge in [0.2, 0.25) is 5.70 Å². The molecule has 5 aromatic rings. The Morgan fingerprint density at radius 3 is 1.44 bits per heavy atom. The second kappa shape index (κ2) is 15.9. The first-order chi connectivity index (χ1) is 29.6. The van der Waals surface area contributed by atoms with Crippen molar-refractivity contribution in [3.8, 4) is 24.3 Å². The van der Waals surface area contributed by atoms with E-state index in [0.29, 0.717) is 66.8 Å². The van der Waals surface area contributed by atoms with E-state index in [2.05, 4.69) is 107 Å². The van der Waals surface area contributed by atoms with Crippen LogP contribution in [0, 0.1) is 71.6 Å². The standard InChI is InChI=1S/C52H34N8Si2/c1-57-37-21-31(27-53)19-35(23-37)45(29-55)49-42-26-44-43(25-41(42)46(30-56)47(49)33-11-15-39(16-12-33)61(5,6)7)50(51(59-3)36-20-32(28-54)22-38(24-36)58-2)48(52(44)60-4)34-13-17-40(18-14-34)62(8,9)10/h11-26H,5-10H3/b49-45+,51-50-. The third-order valence-electron chi connectivity index (χ3n) is 11.1. The number of benzene rings is 5. The number of allylic oxidation sites excluding steroid dienone is 6. The molecule has 2 aliphatic rings. The number of fused-ring (bicyclic) bond motifs is 2. The Morgan fingerprint density at radius 2 is 0.984 bits per heavy atom. The molecule has 290 valence electrons. The van der Waals surface area contributed by atoms with Crippen molar-refractivity contribution in [1.29, 1.82) is 21.0 Å². The quantitative estimate of drug-likeness (QED) is 0.0963. The topological polar surface area (TPSA) is 113 Å². The maximum absolute atomic E-state index is 11.2. The molecule has 7 rings (SSSR count). The normalized spacial score (nSPS) is 14.4. The summed E-state index contributed by atoms with van der Waals surface area (Å²) in [6.07, 6.45) is 0. The molecule has 0 unspecified atom stereocenters. The molecule has 0 aliphatic heterocycles. The van der Waals surface area contributed by atoms with Crippen molar-refractivity contribution in [3.63, 3.8) is 0 Å². The summed E-state index contributed by atoms with van der Waals surface area (Å²) in [4.78, 5) is 15.3. The average molecular weight is 827 g/mol. The molecule has 0 spiro atoms. The lowest BCUT2D eigenvalue weighted by atomic mass is 9.87. The van der Waals surface area contributed by atoms with E-state index in [-0.39, 0.29) is 45.0 Å². The molecular formula is C52H34N8Si2. The van der Waals surface area contributed by atoms with Gasteiger partial charge < -0.3 is 0 Å². The first-order valence-corrected chi connectivity index (χ1v) is 26.4. The van der Waals surface area contributed by atoms with Crippen molar-refractivity contribution in [2.24, 2.45) is 0 Å². The Bertz CT molecular complexity index is 3020. The van der Waals surface area contributed by atoms with Gasteiger partial charge in [-0.05, 0) is 80.4 Å². The van der Waals surface area contributed by atoms with Crippen molar-refractivity contribution in [1.82, 2.24) is 0 Å². The second-order valence-electron chi connectivity index (χ2n) is 17.0. The molecule has 0 amide bonds. The largest absolute Gasteiger partial charge is 0.238 e. The Balaban J connectivity index is 1.65. The lowest BCUT2D eigenvalue weighted by molar-refractivity contribution is 1.47. The number of rotatable bonds is 6. The molecule has 0 aromatic heterocycles. The number of nitriles is 4. The minimum absolute atomic E-state index is 0.132. The fourth-order valence-corrected chi connectivity index (χ4v) is 10.4. The Morgan fingerprint density at radius 1 is 0.500 bits per heavy atom. The second-order valence-corrected chi connectivity index (χ2v) is 27.1. The van der Waals surface area contributed by atoms with E-state index >= 15 is 0 Å². The predicted molar refractivity (Wildman–Crippen MR) is 252 cm³/mol. The van der Waals surface area contributed by atoms with Crippen molar-refractivity contribution in [2.45, 2.75) is 39.3 Å². The van der Waals surface area contributed by atoms with Crippen LogP contribution < -0.4 is 10.4 Å². The highest BCUT2D eigenvalue weighted by Crippen LogP contribution is 2.56. The van der Waals surface area contributed by atoms with Crippen molar-refractivity contribution < 1.29 is 0 Å². The van der Waals surface area contributed by atoms with Gasteiger partial charge in [0, 0.05) is 27.8 Å². The highest BCUT2D eigenvalue weighted by Gasteiger charge is 2.38. The molecule has 10 heteroatoms. The number of hydrogen-bond donors (Lipinski definition) is 0. The van der Waals surface area contributed by atoms with Gasteiger partial charge in [0.25, 0.3) is 0 Å². The fraction of sp³-hybridized carbons (Fsp3) is 0.115. The SMILES string of the molecule is [C-]#[N+]C1=C(c2ccc([Si](C)(C)C)cc2)/C(=C(\[N+]#[C-])c2cc(C#N)cc([N+]#[C-])c2)c2cc3c(cc21)/C(=C(/C#N)c1cc(C#N)cc([N+]#[C-])c1)C(c1ccc([Si](C)(C)C)cc1)=C3C#N. The minimum Gasteiger partial charge on any atom is -0.238 e. The van der Waals surface area contributed by atoms with Crippen molar-refractivity contribution in [2.75, 3.05) is 0 Å². The van der Waals surface area contributed by atoms with Gasteiger partial charge >= 0.3 is 0 Å². The first-order valence-electron chi connectivity index (χ1n) is 19.4. The van der Waals surface area contributed by atoms with Gasteiger partial charge in [-0.2, -0.15) is 21.0 Å².